The normalized spacial score (nSPS) is 10.6. The first-order chi connectivity index (χ1) is 13.2. The van der Waals surface area contributed by atoms with Crippen molar-refractivity contribution in [2.24, 2.45) is 0 Å². The number of esters is 1. The molecule has 0 bridgehead atoms. The maximum absolute atomic E-state index is 12.0. The zero-order valence-electron chi connectivity index (χ0n) is 14.8. The number of para-hydroxylation sites is 1. The summed E-state index contributed by atoms with van der Waals surface area (Å²) in [6, 6.07) is 11.0. The van der Waals surface area contributed by atoms with Crippen LogP contribution in [0, 0.1) is 0 Å². The molecule has 0 saturated heterocycles. The van der Waals surface area contributed by atoms with Crippen molar-refractivity contribution in [3.63, 3.8) is 0 Å². The molecule has 0 atom stereocenters. The highest BCUT2D eigenvalue weighted by atomic mass is 16.5. The van der Waals surface area contributed by atoms with Crippen LogP contribution in [0.1, 0.15) is 29.1 Å². The van der Waals surface area contributed by atoms with Gasteiger partial charge in [0.2, 0.25) is 0 Å². The summed E-state index contributed by atoms with van der Waals surface area (Å²) in [6.45, 7) is 0.465. The van der Waals surface area contributed by atoms with Gasteiger partial charge in [-0.1, -0.05) is 23.4 Å². The smallest absolute Gasteiger partial charge is 0.305 e. The van der Waals surface area contributed by atoms with Gasteiger partial charge in [-0.05, 0) is 18.6 Å². The van der Waals surface area contributed by atoms with Gasteiger partial charge in [0, 0.05) is 30.6 Å². The number of rotatable bonds is 8. The van der Waals surface area contributed by atoms with Crippen LogP contribution in [-0.4, -0.2) is 35.7 Å². The maximum Gasteiger partial charge on any atom is 0.305 e. The van der Waals surface area contributed by atoms with Gasteiger partial charge < -0.3 is 19.3 Å². The summed E-state index contributed by atoms with van der Waals surface area (Å²) in [5.41, 5.74) is 0.908. The molecular weight excluding hydrogens is 350 g/mol. The first kappa shape index (κ1) is 18.4. The highest BCUT2D eigenvalue weighted by Crippen LogP contribution is 2.23. The van der Waals surface area contributed by atoms with Crippen LogP contribution < -0.4 is 10.1 Å². The Morgan fingerprint density at radius 1 is 1.22 bits per heavy atom. The molecule has 2 heterocycles. The van der Waals surface area contributed by atoms with Crippen molar-refractivity contribution in [2.45, 2.75) is 19.4 Å². The van der Waals surface area contributed by atoms with Crippen molar-refractivity contribution in [3.8, 4) is 5.75 Å². The Balaban J connectivity index is 1.53. The van der Waals surface area contributed by atoms with Gasteiger partial charge in [0.15, 0.2) is 11.5 Å². The molecule has 3 rings (SSSR count). The third-order valence-electron chi connectivity index (χ3n) is 3.83. The Morgan fingerprint density at radius 2 is 2.07 bits per heavy atom. The van der Waals surface area contributed by atoms with Crippen LogP contribution in [0.15, 0.2) is 47.1 Å². The molecule has 0 spiro atoms. The van der Waals surface area contributed by atoms with Gasteiger partial charge in [-0.2, -0.15) is 0 Å². The van der Waals surface area contributed by atoms with E-state index in [1.807, 2.05) is 30.3 Å². The number of pyridine rings is 1. The van der Waals surface area contributed by atoms with E-state index in [2.05, 4.69) is 20.2 Å². The predicted octanol–water partition coefficient (Wildman–Crippen LogP) is 2.48. The van der Waals surface area contributed by atoms with Crippen LogP contribution in [0.4, 0.5) is 0 Å². The van der Waals surface area contributed by atoms with Crippen molar-refractivity contribution in [1.82, 2.24) is 15.5 Å². The van der Waals surface area contributed by atoms with Crippen molar-refractivity contribution in [2.75, 3.05) is 13.7 Å². The molecule has 1 N–H and O–H groups in total. The second-order valence-electron chi connectivity index (χ2n) is 5.73. The van der Waals surface area contributed by atoms with Crippen LogP contribution in [0.2, 0.25) is 0 Å². The van der Waals surface area contributed by atoms with E-state index in [0.29, 0.717) is 24.5 Å². The number of fused-ring (bicyclic) bond motifs is 1. The zero-order chi connectivity index (χ0) is 19.1. The number of hydrogen-bond donors (Lipinski definition) is 1. The minimum atomic E-state index is -0.373. The number of amides is 1. The Morgan fingerprint density at radius 3 is 2.93 bits per heavy atom. The predicted molar refractivity (Wildman–Crippen MR) is 96.2 cm³/mol. The molecule has 140 valence electrons. The zero-order valence-corrected chi connectivity index (χ0v) is 14.8. The Labute approximate surface area is 155 Å². The number of hydrogen-bond acceptors (Lipinski definition) is 7. The van der Waals surface area contributed by atoms with Gasteiger partial charge in [0.05, 0.1) is 7.11 Å². The molecule has 0 unspecified atom stereocenters. The second-order valence-corrected chi connectivity index (χ2v) is 5.73. The molecule has 0 radical (unpaired) electrons. The van der Waals surface area contributed by atoms with Crippen LogP contribution in [0.25, 0.3) is 10.9 Å². The van der Waals surface area contributed by atoms with Gasteiger partial charge in [-0.3, -0.25) is 14.6 Å². The Bertz CT molecular complexity index is 932. The number of carbonyl (C=O) groups excluding carboxylic acids is 2. The van der Waals surface area contributed by atoms with Gasteiger partial charge in [0.25, 0.3) is 5.91 Å². The lowest BCUT2D eigenvalue weighted by atomic mass is 10.2. The van der Waals surface area contributed by atoms with Crippen molar-refractivity contribution < 1.29 is 23.6 Å². The Hall–Kier alpha value is -3.42. The van der Waals surface area contributed by atoms with Crippen LogP contribution in [-0.2, 0) is 16.1 Å². The molecule has 1 aromatic carbocycles. The van der Waals surface area contributed by atoms with Crippen molar-refractivity contribution in [3.05, 3.63) is 54.0 Å². The van der Waals surface area contributed by atoms with E-state index in [1.165, 1.54) is 13.2 Å². The number of nitrogens with zero attached hydrogens (tertiary/aromatic N) is 2. The summed E-state index contributed by atoms with van der Waals surface area (Å²) < 4.78 is 15.4. The maximum atomic E-state index is 12.0. The average Bonchev–Trinajstić information content (AvgIpc) is 3.18. The SMILES string of the molecule is COC(=O)CCCNC(=O)c1cc(COc2cccc3cccnc23)on1. The van der Waals surface area contributed by atoms with Gasteiger partial charge in [0.1, 0.15) is 17.9 Å². The van der Waals surface area contributed by atoms with E-state index in [4.69, 9.17) is 9.26 Å². The number of aromatic nitrogens is 2. The number of methoxy groups -OCH3 is 1. The topological polar surface area (TPSA) is 104 Å². The fraction of sp³-hybridized carbons (Fsp3) is 0.263. The first-order valence-electron chi connectivity index (χ1n) is 8.44. The largest absolute Gasteiger partial charge is 0.483 e. The third kappa shape index (κ3) is 4.81. The summed E-state index contributed by atoms with van der Waals surface area (Å²) in [6.07, 6.45) is 2.43. The second kappa shape index (κ2) is 8.79. The molecule has 1 amide bonds. The fourth-order valence-corrected chi connectivity index (χ4v) is 2.46. The van der Waals surface area contributed by atoms with E-state index in [1.54, 1.807) is 6.20 Å². The van der Waals surface area contributed by atoms with E-state index in [0.717, 1.165) is 10.9 Å². The third-order valence-corrected chi connectivity index (χ3v) is 3.83. The summed E-state index contributed by atoms with van der Waals surface area (Å²) >= 11 is 0. The monoisotopic (exact) mass is 369 g/mol. The van der Waals surface area contributed by atoms with Gasteiger partial charge >= 0.3 is 5.97 Å². The van der Waals surface area contributed by atoms with Gasteiger partial charge in [-0.15, -0.1) is 0 Å². The fourth-order valence-electron chi connectivity index (χ4n) is 2.46. The van der Waals surface area contributed by atoms with Crippen LogP contribution in [0.5, 0.6) is 5.75 Å². The highest BCUT2D eigenvalue weighted by molar-refractivity contribution is 5.92. The average molecular weight is 369 g/mol. The first-order valence-corrected chi connectivity index (χ1v) is 8.44. The highest BCUT2D eigenvalue weighted by Gasteiger charge is 2.13. The van der Waals surface area contributed by atoms with E-state index < -0.39 is 0 Å². The molecule has 0 aliphatic rings. The lowest BCUT2D eigenvalue weighted by molar-refractivity contribution is -0.140. The molecular formula is C19H19N3O5. The summed E-state index contributed by atoms with van der Waals surface area (Å²) in [5.74, 6) is 0.357. The van der Waals surface area contributed by atoms with Crippen LogP contribution >= 0.6 is 0 Å². The summed E-state index contributed by atoms with van der Waals surface area (Å²) in [7, 11) is 1.33. The van der Waals surface area contributed by atoms with Crippen LogP contribution in [0.3, 0.4) is 0 Å². The molecule has 8 heteroatoms. The number of carbonyl (C=O) groups is 2. The van der Waals surface area contributed by atoms with Crippen molar-refractivity contribution in [1.29, 1.82) is 0 Å². The number of ether oxygens (including phenoxy) is 2. The summed E-state index contributed by atoms with van der Waals surface area (Å²) in [4.78, 5) is 27.4. The molecule has 8 nitrogen and oxygen atoms in total. The quantitative estimate of drug-likeness (QED) is 0.480. The molecule has 2 aromatic heterocycles. The van der Waals surface area contributed by atoms with Gasteiger partial charge in [-0.25, -0.2) is 0 Å². The van der Waals surface area contributed by atoms with E-state index >= 15 is 0 Å². The number of benzene rings is 1. The minimum absolute atomic E-state index is 0.123. The molecule has 0 aliphatic carbocycles. The van der Waals surface area contributed by atoms with Crippen molar-refractivity contribution >= 4 is 22.8 Å². The standard InChI is InChI=1S/C19H19N3O5/c1-25-17(23)8-4-10-21-19(24)15-11-14(27-22-15)12-26-16-7-2-5-13-6-3-9-20-18(13)16/h2-3,5-7,9,11H,4,8,10,12H2,1H3,(H,21,24). The lowest BCUT2D eigenvalue weighted by Gasteiger charge is -2.06. The minimum Gasteiger partial charge on any atom is -0.483 e. The lowest BCUT2D eigenvalue weighted by Crippen LogP contribution is -2.25. The Kier molecular flexibility index (Phi) is 5.98. The number of nitrogens with one attached hydrogen (secondary N) is 1. The molecule has 3 aromatic rings. The van der Waals surface area contributed by atoms with E-state index in [-0.39, 0.29) is 30.6 Å². The molecule has 0 fully saturated rings. The molecule has 0 aliphatic heterocycles. The van der Waals surface area contributed by atoms with E-state index in [9.17, 15) is 9.59 Å². The molecule has 27 heavy (non-hydrogen) atoms. The molecule has 0 saturated carbocycles. The summed E-state index contributed by atoms with van der Waals surface area (Å²) in [5, 5.41) is 7.39.